The third kappa shape index (κ3) is 33.1. The van der Waals surface area contributed by atoms with Gasteiger partial charge < -0.3 is 53.3 Å². The minimum Gasteiger partial charge on any atom is -0.460 e. The normalized spacial score (nSPS) is 17.4. The number of nitrogens with one attached hydrogen (secondary N) is 5. The molecule has 32 nitrogen and oxygen atoms in total. The maximum Gasteiger partial charge on any atom is 0.347 e. The highest BCUT2D eigenvalue weighted by atomic mass is 35.6. The summed E-state index contributed by atoms with van der Waals surface area (Å²) in [4.78, 5) is 163. The van der Waals surface area contributed by atoms with Gasteiger partial charge in [0.05, 0.1) is 51.4 Å². The summed E-state index contributed by atoms with van der Waals surface area (Å²) in [5.74, 6) is -6.65. The van der Waals surface area contributed by atoms with E-state index < -0.39 is 173 Å². The largest absolute Gasteiger partial charge is 0.460 e. The van der Waals surface area contributed by atoms with E-state index in [1.165, 1.54) is 37.7 Å². The van der Waals surface area contributed by atoms with Crippen LogP contribution in [0.1, 0.15) is 240 Å². The summed E-state index contributed by atoms with van der Waals surface area (Å²) < 4.78 is 36.4. The van der Waals surface area contributed by atoms with E-state index in [-0.39, 0.29) is 40.8 Å². The van der Waals surface area contributed by atoms with Gasteiger partial charge in [-0.25, -0.2) is 30.6 Å². The predicted molar refractivity (Wildman–Crippen MR) is 529 cm³/mol. The zero-order valence-electron chi connectivity index (χ0n) is 83.1. The Balaban J connectivity index is 0.000000325. The number of pyridine rings is 3. The molecule has 6 aromatic rings. The van der Waals surface area contributed by atoms with Gasteiger partial charge >= 0.3 is 35.8 Å². The van der Waals surface area contributed by atoms with Crippen LogP contribution in [0.5, 0.6) is 0 Å². The van der Waals surface area contributed by atoms with Crippen LogP contribution in [0.15, 0.2) is 91.1 Å². The zero-order valence-corrected chi connectivity index (χ0v) is 89.6. The fourth-order valence-corrected chi connectivity index (χ4v) is 17.8. The van der Waals surface area contributed by atoms with Crippen molar-refractivity contribution < 1.29 is 90.1 Å². The van der Waals surface area contributed by atoms with Crippen LogP contribution in [0.25, 0.3) is 45.1 Å². The summed E-state index contributed by atoms with van der Waals surface area (Å²) in [6.07, 6.45) is 9.71. The minimum atomic E-state index is -2.46. The molecular formula is C95H137Cl6N13O19Si2. The molecule has 8 rings (SSSR count). The van der Waals surface area contributed by atoms with Gasteiger partial charge in [0.15, 0.2) is 22.2 Å². The van der Waals surface area contributed by atoms with Gasteiger partial charge in [0.2, 0.25) is 31.0 Å². The van der Waals surface area contributed by atoms with E-state index in [0.717, 1.165) is 32.3 Å². The van der Waals surface area contributed by atoms with Gasteiger partial charge in [0.1, 0.15) is 66.6 Å². The molecule has 135 heavy (non-hydrogen) atoms. The van der Waals surface area contributed by atoms with E-state index in [1.807, 2.05) is 127 Å². The zero-order chi connectivity index (χ0) is 102. The molecule has 5 N–H and O–H groups in total. The standard InChI is InChI=1S/C42H62Cl3N5O8Si.C32H41N5O5Si.C21H34Cl3N3O6/c1-25(2)34(35(52)46-26(3)36(53)50-22-14-15-32(49-50)37(54)56-24-42(43,44)45)48-38(55)41(11,40(9,10)58-59(12,13)39(6,7)8)21-20-29-16-17-30-18-19-31(47-33(30)23-29)27(4)57-28(5)51;1-21(40-22(2)38)25-16-15-24-14-13-23(20-26(24)34-25)17-18-32(8,31(6,7)42-43(9,10)30(3,4)5)29(39)41-37-27-12-11-19-33-28(27)35-36-37;1-12(2)14(10-16(28)33-20(4,5)6)17(29)25-13(3)18(30)27-9-7-8-15(26-27)19(31)32-11-21(22,23)24/h16-21,23,25-27,32,34,49H,14-15,22,24H2,1-13H3,(H,46,52)(H,48,55);11-21H,1-10H3;12-15,26H,7-11H2,1-6H3,(H,25,29)/b21-20+;18-17+;/t26-,27+,32-,34-,41?;21-,32?;13-,14-,15-/m010/s1. The van der Waals surface area contributed by atoms with E-state index >= 15 is 0 Å². The van der Waals surface area contributed by atoms with E-state index in [0.29, 0.717) is 60.3 Å². The molecule has 746 valence electrons. The number of aromatic nitrogens is 6. The predicted octanol–water partition coefficient (Wildman–Crippen LogP) is 17.1. The monoisotopic (exact) mass is 2030 g/mol. The molecule has 0 spiro atoms. The number of fused-ring (bicyclic) bond motifs is 3. The number of nitrogens with zero attached hydrogens (tertiary/aromatic N) is 8. The van der Waals surface area contributed by atoms with E-state index in [9.17, 15) is 52.7 Å². The Hall–Kier alpha value is -8.53. The van der Waals surface area contributed by atoms with Crippen LogP contribution in [-0.2, 0) is 85.3 Å². The van der Waals surface area contributed by atoms with Crippen molar-refractivity contribution in [2.45, 2.75) is 308 Å². The SMILES string of the molecule is CC(=O)O[C@H](C)c1ccc2ccc(/C=C/C(C)(C(=O)N[C@H](C(=O)N[C@@H](C)C(=O)N3CCC[C@@H](C(=O)OCC(Cl)(Cl)Cl)N3)C(C)C)C(C)(C)O[Si](C)(C)C(C)(C)C)cc2n1.CC(=O)O[C@H](C)c1ccc2ccc(/C=C/C(C)(C(=O)On3nnc4ncccc43)C(C)(C)O[Si](C)(C)C(C)(C)C)cc2n1.CC(C)[C@H](CC(=O)OC(C)(C)C)C(=O)N[C@@H](C)C(=O)N1CCC[C@@H](C(=O)OCC(Cl)(Cl)Cl)N1. The molecule has 10 atom stereocenters. The van der Waals surface area contributed by atoms with Crippen LogP contribution in [-0.4, -0.2) is 203 Å². The van der Waals surface area contributed by atoms with Gasteiger partial charge in [-0.2, -0.15) is 0 Å². The van der Waals surface area contributed by atoms with Crippen molar-refractivity contribution in [3.63, 3.8) is 0 Å². The van der Waals surface area contributed by atoms with Crippen LogP contribution in [0.2, 0.25) is 36.3 Å². The smallest absolute Gasteiger partial charge is 0.347 e. The molecule has 40 heteroatoms. The summed E-state index contributed by atoms with van der Waals surface area (Å²) in [5, 5.41) is 20.6. The second kappa shape index (κ2) is 47.0. The van der Waals surface area contributed by atoms with E-state index in [1.54, 1.807) is 79.8 Å². The molecule has 0 aliphatic carbocycles. The third-order valence-electron chi connectivity index (χ3n) is 24.5. The quantitative estimate of drug-likeness (QED) is 0.00861. The highest BCUT2D eigenvalue weighted by Gasteiger charge is 2.55. The number of alkyl halides is 6. The molecule has 4 aromatic heterocycles. The molecule has 2 unspecified atom stereocenters. The van der Waals surface area contributed by atoms with Crippen LogP contribution >= 0.6 is 69.6 Å². The van der Waals surface area contributed by atoms with Gasteiger partial charge in [-0.1, -0.05) is 204 Å². The Kier molecular flexibility index (Phi) is 40.1. The maximum atomic E-state index is 14.8. The Labute approximate surface area is 825 Å². The molecule has 6 heterocycles. The van der Waals surface area contributed by atoms with Crippen molar-refractivity contribution in [1.82, 2.24) is 66.9 Å². The molecular weight excluding hydrogens is 1900 g/mol. The summed E-state index contributed by atoms with van der Waals surface area (Å²) in [6.45, 7) is 54.3. The number of hydrogen-bond donors (Lipinski definition) is 5. The molecule has 0 radical (unpaired) electrons. The lowest BCUT2D eigenvalue weighted by Gasteiger charge is -2.49. The maximum absolute atomic E-state index is 14.8. The number of rotatable bonds is 32. The Morgan fingerprint density at radius 2 is 0.956 bits per heavy atom. The Morgan fingerprint density at radius 1 is 0.541 bits per heavy atom. The average Bonchev–Trinajstić information content (AvgIpc) is 1.67. The number of amides is 5. The Bertz CT molecular complexity index is 5280. The highest BCUT2D eigenvalue weighted by Crippen LogP contribution is 2.48. The number of carbonyl (C=O) groups is 11. The summed E-state index contributed by atoms with van der Waals surface area (Å²) >= 11 is 33.9. The molecule has 0 bridgehead atoms. The first-order valence-electron chi connectivity index (χ1n) is 45.0. The average molecular weight is 2030 g/mol. The van der Waals surface area contributed by atoms with Crippen molar-refractivity contribution in [3.8, 4) is 0 Å². The number of esters is 5. The van der Waals surface area contributed by atoms with Gasteiger partial charge in [0, 0.05) is 43.9 Å². The number of halogens is 6. The fraction of sp³-hybridized carbons (Fsp3) is 0.600. The lowest BCUT2D eigenvalue weighted by atomic mass is 9.73. The number of carbonyl (C=O) groups excluding carboxylic acids is 11. The molecule has 2 aromatic carbocycles. The lowest BCUT2D eigenvalue weighted by Crippen LogP contribution is -2.63. The van der Waals surface area contributed by atoms with Crippen molar-refractivity contribution in [1.29, 1.82) is 0 Å². The van der Waals surface area contributed by atoms with Crippen molar-refractivity contribution in [2.75, 3.05) is 26.3 Å². The second-order valence-electron chi connectivity index (χ2n) is 40.3. The topological polar surface area (TPSA) is 398 Å². The number of ether oxygens (including phenoxy) is 5. The first-order valence-corrected chi connectivity index (χ1v) is 53.1. The molecule has 0 saturated carbocycles. The first kappa shape index (κ1) is 115. The van der Waals surface area contributed by atoms with Gasteiger partial charge in [-0.15, -0.1) is 5.10 Å². The molecule has 2 saturated heterocycles. The van der Waals surface area contributed by atoms with Gasteiger partial charge in [-0.3, -0.25) is 58.0 Å². The minimum absolute atomic E-state index is 0.0858. The van der Waals surface area contributed by atoms with E-state index in [4.69, 9.17) is 117 Å². The summed E-state index contributed by atoms with van der Waals surface area (Å²) in [6, 6.07) is 18.0. The van der Waals surface area contributed by atoms with Crippen LogP contribution < -0.4 is 31.6 Å². The number of hydrogen-bond acceptors (Lipinski definition) is 26. The molecule has 2 aliphatic rings. The van der Waals surface area contributed by atoms with Crippen LogP contribution in [0.3, 0.4) is 0 Å². The summed E-state index contributed by atoms with van der Waals surface area (Å²) in [5.41, 5.74) is 5.50. The van der Waals surface area contributed by atoms with Crippen LogP contribution in [0.4, 0.5) is 0 Å². The lowest BCUT2D eigenvalue weighted by molar-refractivity contribution is -0.164. The van der Waals surface area contributed by atoms with Crippen LogP contribution in [0, 0.1) is 28.6 Å². The highest BCUT2D eigenvalue weighted by molar-refractivity contribution is 6.74. The first-order chi connectivity index (χ1) is 61.9. The van der Waals surface area contributed by atoms with Crippen molar-refractivity contribution in [3.05, 3.63) is 114 Å². The molecule has 5 amide bonds. The molecule has 2 fully saturated rings. The van der Waals surface area contributed by atoms with Crippen molar-refractivity contribution in [2.24, 2.45) is 28.6 Å². The molecule has 2 aliphatic heterocycles. The second-order valence-corrected chi connectivity index (χ2v) is 54.7. The summed E-state index contributed by atoms with van der Waals surface area (Å²) in [7, 11) is -4.79. The van der Waals surface area contributed by atoms with Gasteiger partial charge in [-0.05, 0) is 217 Å². The number of hydrazine groups is 2. The van der Waals surface area contributed by atoms with E-state index in [2.05, 4.69) is 110 Å². The number of benzene rings is 2. The fourth-order valence-electron chi connectivity index (χ4n) is 13.9. The van der Waals surface area contributed by atoms with Crippen molar-refractivity contribution >= 4 is 197 Å². The third-order valence-corrected chi connectivity index (χ3v) is 34.4. The Morgan fingerprint density at radius 3 is 1.36 bits per heavy atom. The van der Waals surface area contributed by atoms with Gasteiger partial charge in [0.25, 0.3) is 11.8 Å².